The number of carbonyl (C=O) groups is 2. The Kier molecular flexibility index (Phi) is 10.2. The van der Waals surface area contributed by atoms with Gasteiger partial charge in [-0.3, -0.25) is 9.59 Å². The maximum Gasteiger partial charge on any atom is 0.318 e. The molecule has 240 valence electrons. The fraction of sp³-hybridized carbons (Fsp3) is 0.531. The zero-order chi connectivity index (χ0) is 32.1. The standard InChI is InChI=1S/C32H38F3N7O3/c1-20(33)31(44)42-15-14-41(18-23(42)11-12-36)30-29-27(37-32(39-30)45-19-24-6-5-13-40(24)2)10-9-21-16-22(34)17-26(35)25(21)7-3-4-8-28(43)38-29/h16-17,23-24H,1,3-11,13-15,18-19H2,2H3,(H,38,43)/t23-,24-/m0/s1. The summed E-state index contributed by atoms with van der Waals surface area (Å²) >= 11 is 0. The number of nitrogens with one attached hydrogen (secondary N) is 1. The normalized spacial score (nSPS) is 21.1. The third-order valence-electron chi connectivity index (χ3n) is 8.85. The molecule has 2 fully saturated rings. The number of amides is 2. The molecule has 1 N–H and O–H groups in total. The lowest BCUT2D eigenvalue weighted by Crippen LogP contribution is -2.55. The number of anilines is 2. The molecule has 0 aliphatic carbocycles. The number of aryl methyl sites for hydroxylation is 2. The van der Waals surface area contributed by atoms with Crippen LogP contribution in [0.25, 0.3) is 0 Å². The van der Waals surface area contributed by atoms with Crippen LogP contribution in [0.3, 0.4) is 0 Å². The third kappa shape index (κ3) is 7.56. The smallest absolute Gasteiger partial charge is 0.318 e. The van der Waals surface area contributed by atoms with Crippen LogP contribution >= 0.6 is 0 Å². The van der Waals surface area contributed by atoms with Gasteiger partial charge < -0.3 is 24.8 Å². The number of hydrogen-bond donors (Lipinski definition) is 1. The fourth-order valence-electron chi connectivity index (χ4n) is 6.39. The Morgan fingerprint density at radius 2 is 1.91 bits per heavy atom. The van der Waals surface area contributed by atoms with Gasteiger partial charge in [-0.1, -0.05) is 6.58 Å². The van der Waals surface area contributed by atoms with E-state index >= 15 is 0 Å². The molecular weight excluding hydrogens is 587 g/mol. The average Bonchev–Trinajstić information content (AvgIpc) is 3.42. The Balaban J connectivity index is 1.55. The largest absolute Gasteiger partial charge is 0.462 e. The van der Waals surface area contributed by atoms with Crippen molar-refractivity contribution in [2.45, 2.75) is 69.9 Å². The number of fused-ring (bicyclic) bond motifs is 2. The lowest BCUT2D eigenvalue weighted by Gasteiger charge is -2.41. The molecule has 0 radical (unpaired) electrons. The van der Waals surface area contributed by atoms with Gasteiger partial charge in [0.15, 0.2) is 11.6 Å². The lowest BCUT2D eigenvalue weighted by molar-refractivity contribution is -0.131. The van der Waals surface area contributed by atoms with E-state index in [9.17, 15) is 28.0 Å². The van der Waals surface area contributed by atoms with Crippen LogP contribution in [0.5, 0.6) is 6.01 Å². The highest BCUT2D eigenvalue weighted by molar-refractivity contribution is 5.95. The Labute approximate surface area is 260 Å². The van der Waals surface area contributed by atoms with Gasteiger partial charge in [-0.2, -0.15) is 15.2 Å². The van der Waals surface area contributed by atoms with Crippen molar-refractivity contribution >= 4 is 23.3 Å². The average molecular weight is 626 g/mol. The van der Waals surface area contributed by atoms with Crippen molar-refractivity contribution in [2.75, 3.05) is 50.1 Å². The molecule has 13 heteroatoms. The molecule has 2 amide bonds. The number of ether oxygens (including phenoxy) is 1. The zero-order valence-corrected chi connectivity index (χ0v) is 25.5. The summed E-state index contributed by atoms with van der Waals surface area (Å²) in [4.78, 5) is 40.4. The summed E-state index contributed by atoms with van der Waals surface area (Å²) in [7, 11) is 2.03. The van der Waals surface area contributed by atoms with Crippen LogP contribution in [0.15, 0.2) is 24.5 Å². The van der Waals surface area contributed by atoms with Crippen LogP contribution in [-0.4, -0.2) is 83.5 Å². The minimum Gasteiger partial charge on any atom is -0.462 e. The van der Waals surface area contributed by atoms with Gasteiger partial charge in [0.25, 0.3) is 5.91 Å². The van der Waals surface area contributed by atoms with Crippen LogP contribution in [0.4, 0.5) is 24.7 Å². The molecule has 2 aromatic rings. The van der Waals surface area contributed by atoms with Crippen molar-refractivity contribution in [1.29, 1.82) is 5.26 Å². The van der Waals surface area contributed by atoms with Gasteiger partial charge in [0.1, 0.15) is 23.9 Å². The van der Waals surface area contributed by atoms with Gasteiger partial charge in [-0.05, 0) is 75.7 Å². The number of carbonyl (C=O) groups excluding carboxylic acids is 2. The number of aromatic nitrogens is 2. The summed E-state index contributed by atoms with van der Waals surface area (Å²) in [5.41, 5.74) is 1.75. The molecule has 45 heavy (non-hydrogen) atoms. The quantitative estimate of drug-likeness (QED) is 0.478. The minimum absolute atomic E-state index is 0.0551. The van der Waals surface area contributed by atoms with E-state index in [0.717, 1.165) is 25.5 Å². The number of rotatable bonds is 6. The maximum absolute atomic E-state index is 14.9. The lowest BCUT2D eigenvalue weighted by atomic mass is 9.95. The van der Waals surface area contributed by atoms with Crippen LogP contribution in [-0.2, 0) is 28.9 Å². The molecule has 0 unspecified atom stereocenters. The number of likely N-dealkylation sites (tertiary alicyclic amines) is 1. The highest BCUT2D eigenvalue weighted by Gasteiger charge is 2.34. The van der Waals surface area contributed by atoms with Crippen LogP contribution in [0, 0.1) is 23.0 Å². The van der Waals surface area contributed by atoms with Crippen molar-refractivity contribution in [3.05, 3.63) is 53.0 Å². The van der Waals surface area contributed by atoms with Gasteiger partial charge in [-0.25, -0.2) is 13.2 Å². The number of hydrogen-bond acceptors (Lipinski definition) is 8. The second-order valence-electron chi connectivity index (χ2n) is 11.9. The molecule has 5 rings (SSSR count). The Morgan fingerprint density at radius 3 is 2.64 bits per heavy atom. The summed E-state index contributed by atoms with van der Waals surface area (Å²) in [6.07, 6.45) is 4.03. The molecule has 3 aliphatic rings. The third-order valence-corrected chi connectivity index (χ3v) is 8.85. The highest BCUT2D eigenvalue weighted by atomic mass is 19.1. The van der Waals surface area contributed by atoms with Crippen molar-refractivity contribution in [2.24, 2.45) is 0 Å². The van der Waals surface area contributed by atoms with E-state index in [4.69, 9.17) is 14.7 Å². The van der Waals surface area contributed by atoms with Crippen molar-refractivity contribution in [3.63, 3.8) is 0 Å². The maximum atomic E-state index is 14.9. The van der Waals surface area contributed by atoms with Crippen LogP contribution in [0.2, 0.25) is 0 Å². The predicted molar refractivity (Wildman–Crippen MR) is 161 cm³/mol. The molecular formula is C32H38F3N7O3. The van der Waals surface area contributed by atoms with Gasteiger partial charge in [-0.15, -0.1) is 0 Å². The molecule has 2 atom stereocenters. The fourth-order valence-corrected chi connectivity index (χ4v) is 6.39. The summed E-state index contributed by atoms with van der Waals surface area (Å²) in [6.45, 7) is 4.88. The zero-order valence-electron chi connectivity index (χ0n) is 25.5. The van der Waals surface area contributed by atoms with Gasteiger partial charge in [0, 0.05) is 38.2 Å². The van der Waals surface area contributed by atoms with Gasteiger partial charge in [0.2, 0.25) is 5.91 Å². The molecule has 2 saturated heterocycles. The summed E-state index contributed by atoms with van der Waals surface area (Å²) in [5.74, 6) is -3.16. The van der Waals surface area contributed by atoms with Crippen molar-refractivity contribution in [3.8, 4) is 12.1 Å². The van der Waals surface area contributed by atoms with Crippen molar-refractivity contribution in [1.82, 2.24) is 19.8 Å². The van der Waals surface area contributed by atoms with Crippen LogP contribution in [0.1, 0.15) is 55.3 Å². The molecule has 1 aromatic heterocycles. The monoisotopic (exact) mass is 625 g/mol. The van der Waals surface area contributed by atoms with E-state index in [1.807, 2.05) is 11.9 Å². The first kappa shape index (κ1) is 32.2. The summed E-state index contributed by atoms with van der Waals surface area (Å²) in [5, 5.41) is 12.5. The Hall–Kier alpha value is -4.18. The Bertz CT molecular complexity index is 1500. The minimum atomic E-state index is -1.11. The summed E-state index contributed by atoms with van der Waals surface area (Å²) in [6, 6.07) is 3.91. The predicted octanol–water partition coefficient (Wildman–Crippen LogP) is 4.09. The number of piperazine rings is 1. The second-order valence-corrected chi connectivity index (χ2v) is 11.9. The molecule has 10 nitrogen and oxygen atoms in total. The SMILES string of the molecule is C=C(F)C(=O)N1CCN(c2nc(OC[C@@H]3CCCN3C)nc3c2NC(=O)CCCCc2c(F)cc(F)cc2CC3)C[C@@H]1CC#N. The molecule has 4 heterocycles. The number of benzene rings is 1. The molecule has 0 saturated carbocycles. The highest BCUT2D eigenvalue weighted by Crippen LogP contribution is 2.34. The number of nitrogens with zero attached hydrogens (tertiary/aromatic N) is 6. The molecule has 0 spiro atoms. The van der Waals surface area contributed by atoms with E-state index in [-0.39, 0.29) is 63.3 Å². The van der Waals surface area contributed by atoms with E-state index in [1.165, 1.54) is 11.0 Å². The van der Waals surface area contributed by atoms with Crippen molar-refractivity contribution < 1.29 is 27.5 Å². The molecule has 0 bridgehead atoms. The number of nitriles is 1. The molecule has 3 aliphatic heterocycles. The van der Waals surface area contributed by atoms with E-state index < -0.39 is 29.4 Å². The Morgan fingerprint density at radius 1 is 1.11 bits per heavy atom. The first-order valence-electron chi connectivity index (χ1n) is 15.4. The number of halogens is 3. The van der Waals surface area contributed by atoms with Crippen LogP contribution < -0.4 is 15.0 Å². The van der Waals surface area contributed by atoms with Gasteiger partial charge >= 0.3 is 6.01 Å². The number of likely N-dealkylation sites (N-methyl/N-ethyl adjacent to an activating group) is 1. The summed E-state index contributed by atoms with van der Waals surface area (Å²) < 4.78 is 49.1. The van der Waals surface area contributed by atoms with E-state index in [1.54, 1.807) is 0 Å². The second kappa shape index (κ2) is 14.3. The molecule has 1 aromatic carbocycles. The first-order chi connectivity index (χ1) is 21.6. The van der Waals surface area contributed by atoms with Gasteiger partial charge in [0.05, 0.1) is 24.2 Å². The van der Waals surface area contributed by atoms with E-state index in [0.29, 0.717) is 54.2 Å². The van der Waals surface area contributed by atoms with E-state index in [2.05, 4.69) is 22.9 Å². The first-order valence-corrected chi connectivity index (χ1v) is 15.4. The topological polar surface area (TPSA) is 115 Å².